The van der Waals surface area contributed by atoms with Gasteiger partial charge in [-0.25, -0.2) is 0 Å². The maximum Gasteiger partial charge on any atom is 0.0619 e. The van der Waals surface area contributed by atoms with Gasteiger partial charge in [0.25, 0.3) is 0 Å². The highest BCUT2D eigenvalue weighted by molar-refractivity contribution is 4.70. The summed E-state index contributed by atoms with van der Waals surface area (Å²) in [6.07, 6.45) is 1.10. The number of morpholine rings is 1. The summed E-state index contributed by atoms with van der Waals surface area (Å²) in [6, 6.07) is 0.579. The number of nitrogens with two attached hydrogens (primary N) is 1. The maximum absolute atomic E-state index is 5.43. The highest BCUT2D eigenvalue weighted by Crippen LogP contribution is 2.05. The van der Waals surface area contributed by atoms with E-state index in [-0.39, 0.29) is 0 Å². The van der Waals surface area contributed by atoms with Gasteiger partial charge in [-0.15, -0.1) is 0 Å². The lowest BCUT2D eigenvalue weighted by atomic mass is 10.2. The minimum atomic E-state index is 0.579. The molecule has 3 heteroatoms. The smallest absolute Gasteiger partial charge is 0.0619 e. The van der Waals surface area contributed by atoms with Crippen LogP contribution < -0.4 is 5.73 Å². The summed E-state index contributed by atoms with van der Waals surface area (Å²) in [5, 5.41) is 0. The largest absolute Gasteiger partial charge is 0.379 e. The Morgan fingerprint density at radius 1 is 1.64 bits per heavy atom. The van der Waals surface area contributed by atoms with Gasteiger partial charge in [-0.3, -0.25) is 4.90 Å². The highest BCUT2D eigenvalue weighted by Gasteiger charge is 2.17. The van der Waals surface area contributed by atoms with Crippen LogP contribution >= 0.6 is 0 Å². The molecule has 0 bridgehead atoms. The molecule has 0 amide bonds. The SMILES string of the molecule is CC1COCCN1CCCN. The lowest BCUT2D eigenvalue weighted by molar-refractivity contribution is -0.000358. The normalized spacial score (nSPS) is 27.3. The van der Waals surface area contributed by atoms with E-state index >= 15 is 0 Å². The second-order valence-corrected chi connectivity index (χ2v) is 3.10. The van der Waals surface area contributed by atoms with Crippen molar-refractivity contribution in [3.8, 4) is 0 Å². The summed E-state index contributed by atoms with van der Waals surface area (Å²) < 4.78 is 5.32. The zero-order valence-electron chi connectivity index (χ0n) is 7.25. The monoisotopic (exact) mass is 158 g/mol. The molecule has 11 heavy (non-hydrogen) atoms. The molecule has 1 rings (SSSR count). The fourth-order valence-corrected chi connectivity index (χ4v) is 1.39. The number of nitrogens with zero attached hydrogens (tertiary/aromatic N) is 1. The van der Waals surface area contributed by atoms with Gasteiger partial charge in [0.2, 0.25) is 0 Å². The molecule has 66 valence electrons. The molecule has 0 aliphatic carbocycles. The van der Waals surface area contributed by atoms with E-state index in [1.807, 2.05) is 0 Å². The van der Waals surface area contributed by atoms with Gasteiger partial charge in [0, 0.05) is 12.6 Å². The van der Waals surface area contributed by atoms with Crippen LogP contribution in [0.15, 0.2) is 0 Å². The van der Waals surface area contributed by atoms with Crippen molar-refractivity contribution in [2.75, 3.05) is 32.8 Å². The third-order valence-electron chi connectivity index (χ3n) is 2.15. The van der Waals surface area contributed by atoms with E-state index in [0.29, 0.717) is 6.04 Å². The van der Waals surface area contributed by atoms with Crippen LogP contribution in [0, 0.1) is 0 Å². The van der Waals surface area contributed by atoms with Crippen molar-refractivity contribution < 1.29 is 4.74 Å². The van der Waals surface area contributed by atoms with Crippen LogP contribution in [0.5, 0.6) is 0 Å². The molecule has 0 saturated carbocycles. The Morgan fingerprint density at radius 3 is 3.09 bits per heavy atom. The van der Waals surface area contributed by atoms with Gasteiger partial charge >= 0.3 is 0 Å². The maximum atomic E-state index is 5.43. The van der Waals surface area contributed by atoms with Crippen LogP contribution in [0.4, 0.5) is 0 Å². The molecule has 1 atom stereocenters. The minimum absolute atomic E-state index is 0.579. The molecule has 0 aromatic heterocycles. The van der Waals surface area contributed by atoms with E-state index in [0.717, 1.165) is 39.3 Å². The van der Waals surface area contributed by atoms with Crippen molar-refractivity contribution in [1.82, 2.24) is 4.90 Å². The van der Waals surface area contributed by atoms with Crippen LogP contribution in [-0.2, 0) is 4.74 Å². The molecule has 2 N–H and O–H groups in total. The Morgan fingerprint density at radius 2 is 2.45 bits per heavy atom. The van der Waals surface area contributed by atoms with E-state index in [1.165, 1.54) is 0 Å². The number of ether oxygens (including phenoxy) is 1. The Hall–Kier alpha value is -0.120. The second kappa shape index (κ2) is 4.70. The first kappa shape index (κ1) is 8.97. The van der Waals surface area contributed by atoms with Gasteiger partial charge in [0.15, 0.2) is 0 Å². The van der Waals surface area contributed by atoms with Gasteiger partial charge in [0.1, 0.15) is 0 Å². The van der Waals surface area contributed by atoms with Gasteiger partial charge in [-0.05, 0) is 26.4 Å². The first-order valence-electron chi connectivity index (χ1n) is 4.36. The third-order valence-corrected chi connectivity index (χ3v) is 2.15. The highest BCUT2D eigenvalue weighted by atomic mass is 16.5. The fraction of sp³-hybridized carbons (Fsp3) is 1.00. The van der Waals surface area contributed by atoms with Crippen molar-refractivity contribution in [2.24, 2.45) is 5.73 Å². The number of hydrogen-bond donors (Lipinski definition) is 1. The van der Waals surface area contributed by atoms with Crippen LogP contribution in [0.25, 0.3) is 0 Å². The van der Waals surface area contributed by atoms with Crippen LogP contribution in [0.3, 0.4) is 0 Å². The summed E-state index contributed by atoms with van der Waals surface area (Å²) in [4.78, 5) is 2.44. The average molecular weight is 158 g/mol. The van der Waals surface area contributed by atoms with Crippen molar-refractivity contribution in [3.63, 3.8) is 0 Å². The van der Waals surface area contributed by atoms with Crippen LogP contribution in [-0.4, -0.2) is 43.8 Å². The van der Waals surface area contributed by atoms with Gasteiger partial charge in [0.05, 0.1) is 13.2 Å². The molecule has 1 aliphatic rings. The zero-order chi connectivity index (χ0) is 8.10. The lowest BCUT2D eigenvalue weighted by Gasteiger charge is -2.32. The molecule has 1 heterocycles. The van der Waals surface area contributed by atoms with E-state index < -0.39 is 0 Å². The molecular formula is C8H18N2O. The fourth-order valence-electron chi connectivity index (χ4n) is 1.39. The molecule has 0 aromatic carbocycles. The molecule has 0 spiro atoms. The minimum Gasteiger partial charge on any atom is -0.379 e. The lowest BCUT2D eigenvalue weighted by Crippen LogP contribution is -2.44. The average Bonchev–Trinajstić information content (AvgIpc) is 2.03. The predicted molar refractivity (Wildman–Crippen MR) is 45.5 cm³/mol. The summed E-state index contributed by atoms with van der Waals surface area (Å²) in [7, 11) is 0. The topological polar surface area (TPSA) is 38.5 Å². The number of rotatable bonds is 3. The van der Waals surface area contributed by atoms with Crippen molar-refractivity contribution in [3.05, 3.63) is 0 Å². The van der Waals surface area contributed by atoms with Crippen molar-refractivity contribution in [1.29, 1.82) is 0 Å². The first-order valence-corrected chi connectivity index (χ1v) is 4.36. The van der Waals surface area contributed by atoms with Crippen LogP contribution in [0.1, 0.15) is 13.3 Å². The van der Waals surface area contributed by atoms with Gasteiger partial charge in [-0.1, -0.05) is 0 Å². The Bertz CT molecular complexity index is 108. The Balaban J connectivity index is 2.18. The molecular weight excluding hydrogens is 140 g/mol. The van der Waals surface area contributed by atoms with Crippen molar-refractivity contribution in [2.45, 2.75) is 19.4 Å². The van der Waals surface area contributed by atoms with Gasteiger partial charge in [-0.2, -0.15) is 0 Å². The molecule has 1 unspecified atom stereocenters. The molecule has 1 fully saturated rings. The summed E-state index contributed by atoms with van der Waals surface area (Å²) in [6.45, 7) is 6.96. The van der Waals surface area contributed by atoms with E-state index in [9.17, 15) is 0 Å². The summed E-state index contributed by atoms with van der Waals surface area (Å²) in [5.41, 5.74) is 5.43. The molecule has 1 aliphatic heterocycles. The molecule has 0 aromatic rings. The Labute approximate surface area is 68.5 Å². The third kappa shape index (κ3) is 2.77. The quantitative estimate of drug-likeness (QED) is 0.631. The van der Waals surface area contributed by atoms with E-state index in [2.05, 4.69) is 11.8 Å². The Kier molecular flexibility index (Phi) is 3.83. The van der Waals surface area contributed by atoms with Gasteiger partial charge < -0.3 is 10.5 Å². The standard InChI is InChI=1S/C8H18N2O/c1-8-7-11-6-5-10(8)4-2-3-9/h8H,2-7,9H2,1H3. The van der Waals surface area contributed by atoms with Crippen LogP contribution in [0.2, 0.25) is 0 Å². The second-order valence-electron chi connectivity index (χ2n) is 3.10. The van der Waals surface area contributed by atoms with Crippen molar-refractivity contribution >= 4 is 0 Å². The zero-order valence-corrected chi connectivity index (χ0v) is 7.25. The van der Waals surface area contributed by atoms with E-state index in [1.54, 1.807) is 0 Å². The van der Waals surface area contributed by atoms with E-state index in [4.69, 9.17) is 10.5 Å². The summed E-state index contributed by atoms with van der Waals surface area (Å²) >= 11 is 0. The molecule has 1 saturated heterocycles. The first-order chi connectivity index (χ1) is 5.34. The number of hydrogen-bond acceptors (Lipinski definition) is 3. The molecule has 3 nitrogen and oxygen atoms in total. The predicted octanol–water partition coefficient (Wildman–Crippen LogP) is 0.0559. The summed E-state index contributed by atoms with van der Waals surface area (Å²) in [5.74, 6) is 0. The molecule has 0 radical (unpaired) electrons.